The minimum atomic E-state index is -4.58. The van der Waals surface area contributed by atoms with Crippen molar-refractivity contribution in [3.8, 4) is 11.3 Å². The van der Waals surface area contributed by atoms with Crippen LogP contribution < -0.4 is 10.5 Å². The highest BCUT2D eigenvalue weighted by Gasteiger charge is 2.35. The van der Waals surface area contributed by atoms with Gasteiger partial charge >= 0.3 is 18.2 Å². The first-order valence-corrected chi connectivity index (χ1v) is 10.6. The van der Waals surface area contributed by atoms with Gasteiger partial charge in [-0.05, 0) is 43.7 Å². The SMILES string of the molecule is CN(C)CC(=O)OC[C@@H]1CN(c2ccc3cc(-c4ccccc4C(F)(F)F)[nH]c(=O)c3c2)C(=O)O1.Cl. The molecule has 1 N–H and O–H groups in total. The number of cyclic esters (lactones) is 1. The van der Waals surface area contributed by atoms with E-state index in [4.69, 9.17) is 9.47 Å². The van der Waals surface area contributed by atoms with Gasteiger partial charge in [0.15, 0.2) is 6.10 Å². The van der Waals surface area contributed by atoms with E-state index >= 15 is 0 Å². The maximum Gasteiger partial charge on any atom is 0.417 e. The molecule has 1 fully saturated rings. The predicted octanol–water partition coefficient (Wildman–Crippen LogP) is 4.07. The first kappa shape index (κ1) is 27.0. The van der Waals surface area contributed by atoms with Gasteiger partial charge in [0.2, 0.25) is 0 Å². The van der Waals surface area contributed by atoms with Crippen molar-refractivity contribution in [2.24, 2.45) is 0 Å². The molecule has 192 valence electrons. The summed E-state index contributed by atoms with van der Waals surface area (Å²) in [4.78, 5) is 42.3. The fourth-order valence-corrected chi connectivity index (χ4v) is 3.84. The number of nitrogens with zero attached hydrogens (tertiary/aromatic N) is 2. The van der Waals surface area contributed by atoms with Crippen LogP contribution in [0, 0.1) is 0 Å². The number of esters is 1. The Morgan fingerprint density at radius 2 is 1.89 bits per heavy atom. The van der Waals surface area contributed by atoms with Crippen molar-refractivity contribution < 1.29 is 32.2 Å². The number of likely N-dealkylation sites (N-methyl/N-ethyl adjacent to an activating group) is 1. The Morgan fingerprint density at radius 3 is 2.58 bits per heavy atom. The van der Waals surface area contributed by atoms with E-state index < -0.39 is 35.5 Å². The van der Waals surface area contributed by atoms with E-state index in [0.29, 0.717) is 11.1 Å². The van der Waals surface area contributed by atoms with Crippen LogP contribution in [-0.2, 0) is 20.4 Å². The van der Waals surface area contributed by atoms with Gasteiger partial charge in [-0.25, -0.2) is 4.79 Å². The molecule has 0 aliphatic carbocycles. The molecule has 1 aliphatic heterocycles. The average molecular weight is 526 g/mol. The monoisotopic (exact) mass is 525 g/mol. The lowest BCUT2D eigenvalue weighted by Gasteiger charge is -2.15. The Kier molecular flexibility index (Phi) is 7.95. The maximum atomic E-state index is 13.4. The summed E-state index contributed by atoms with van der Waals surface area (Å²) in [5.41, 5.74) is -1.19. The highest BCUT2D eigenvalue weighted by atomic mass is 35.5. The third-order valence-electron chi connectivity index (χ3n) is 5.41. The lowest BCUT2D eigenvalue weighted by Crippen LogP contribution is -2.29. The highest BCUT2D eigenvalue weighted by Crippen LogP contribution is 2.36. The molecule has 0 bridgehead atoms. The zero-order valence-electron chi connectivity index (χ0n) is 19.3. The quantitative estimate of drug-likeness (QED) is 0.488. The van der Waals surface area contributed by atoms with Gasteiger partial charge in [0.1, 0.15) is 6.61 Å². The number of carbonyl (C=O) groups is 2. The van der Waals surface area contributed by atoms with Gasteiger partial charge in [-0.3, -0.25) is 19.4 Å². The lowest BCUT2D eigenvalue weighted by molar-refractivity contribution is -0.146. The molecule has 0 radical (unpaired) electrons. The van der Waals surface area contributed by atoms with E-state index in [1.807, 2.05) is 0 Å². The zero-order valence-corrected chi connectivity index (χ0v) is 20.1. The van der Waals surface area contributed by atoms with Crippen LogP contribution in [0.25, 0.3) is 22.0 Å². The van der Waals surface area contributed by atoms with Crippen molar-refractivity contribution in [1.29, 1.82) is 0 Å². The van der Waals surface area contributed by atoms with E-state index in [1.165, 1.54) is 35.2 Å². The Balaban J connectivity index is 0.00000361. The van der Waals surface area contributed by atoms with E-state index in [1.54, 1.807) is 31.1 Å². The largest absolute Gasteiger partial charge is 0.461 e. The molecule has 12 heteroatoms. The summed E-state index contributed by atoms with van der Waals surface area (Å²) in [5, 5.41) is 0.607. The summed E-state index contributed by atoms with van der Waals surface area (Å²) in [7, 11) is 3.44. The number of rotatable bonds is 6. The number of ether oxygens (including phenoxy) is 2. The van der Waals surface area contributed by atoms with Crippen molar-refractivity contribution in [3.63, 3.8) is 0 Å². The van der Waals surface area contributed by atoms with Gasteiger partial charge in [0.25, 0.3) is 5.56 Å². The Hall–Kier alpha value is -3.57. The van der Waals surface area contributed by atoms with Crippen molar-refractivity contribution in [3.05, 3.63) is 64.4 Å². The molecular weight excluding hydrogens is 503 g/mol. The Bertz CT molecular complexity index is 1340. The number of H-pyrrole nitrogens is 1. The number of amides is 1. The van der Waals surface area contributed by atoms with Crippen LogP contribution in [0.4, 0.5) is 23.7 Å². The molecular formula is C24H23ClF3N3O5. The summed E-state index contributed by atoms with van der Waals surface area (Å²) >= 11 is 0. The number of nitrogens with one attached hydrogen (secondary N) is 1. The molecule has 0 unspecified atom stereocenters. The average Bonchev–Trinajstić information content (AvgIpc) is 3.17. The van der Waals surface area contributed by atoms with Crippen LogP contribution in [-0.4, -0.2) is 61.8 Å². The molecule has 0 spiro atoms. The smallest absolute Gasteiger partial charge is 0.417 e. The predicted molar refractivity (Wildman–Crippen MR) is 129 cm³/mol. The van der Waals surface area contributed by atoms with Gasteiger partial charge < -0.3 is 14.5 Å². The molecule has 2 heterocycles. The summed E-state index contributed by atoms with van der Waals surface area (Å²) in [6.45, 7) is 0.0901. The summed E-state index contributed by atoms with van der Waals surface area (Å²) in [5.74, 6) is -0.454. The summed E-state index contributed by atoms with van der Waals surface area (Å²) in [6.07, 6.45) is -5.92. The van der Waals surface area contributed by atoms with E-state index in [2.05, 4.69) is 4.98 Å². The second-order valence-corrected chi connectivity index (χ2v) is 8.36. The Labute approximate surface area is 210 Å². The van der Waals surface area contributed by atoms with Crippen LogP contribution in [0.3, 0.4) is 0 Å². The van der Waals surface area contributed by atoms with Gasteiger partial charge in [0.05, 0.1) is 18.7 Å². The van der Waals surface area contributed by atoms with Gasteiger partial charge in [-0.2, -0.15) is 13.2 Å². The fourth-order valence-electron chi connectivity index (χ4n) is 3.84. The molecule has 1 aliphatic rings. The molecule has 0 saturated carbocycles. The zero-order chi connectivity index (χ0) is 25.3. The van der Waals surface area contributed by atoms with Gasteiger partial charge in [0, 0.05) is 22.3 Å². The third kappa shape index (κ3) is 5.80. The molecule has 1 atom stereocenters. The lowest BCUT2D eigenvalue weighted by atomic mass is 10.0. The number of alkyl halides is 3. The van der Waals surface area contributed by atoms with Crippen LogP contribution >= 0.6 is 12.4 Å². The minimum Gasteiger partial charge on any atom is -0.461 e. The summed E-state index contributed by atoms with van der Waals surface area (Å²) in [6, 6.07) is 11.0. The van der Waals surface area contributed by atoms with Gasteiger partial charge in [-0.15, -0.1) is 12.4 Å². The number of carbonyl (C=O) groups excluding carboxylic acids is 2. The standard InChI is InChI=1S/C24H22F3N3O5.ClH/c1-29(2)12-21(31)34-13-16-11-30(23(33)35-16)15-8-7-14-9-20(28-22(32)18(14)10-15)17-5-3-4-6-19(17)24(25,26)27;/h3-10,16H,11-13H2,1-2H3,(H,28,32);1H/t16-;/m0./s1. The molecule has 1 amide bonds. The second-order valence-electron chi connectivity index (χ2n) is 8.36. The number of halogens is 4. The van der Waals surface area contributed by atoms with E-state index in [9.17, 15) is 27.6 Å². The molecule has 36 heavy (non-hydrogen) atoms. The van der Waals surface area contributed by atoms with Gasteiger partial charge in [-0.1, -0.05) is 24.3 Å². The van der Waals surface area contributed by atoms with Crippen molar-refractivity contribution in [2.45, 2.75) is 12.3 Å². The topological polar surface area (TPSA) is 91.9 Å². The number of aromatic nitrogens is 1. The van der Waals surface area contributed by atoms with Crippen molar-refractivity contribution >= 4 is 40.9 Å². The van der Waals surface area contributed by atoms with E-state index in [0.717, 1.165) is 6.07 Å². The fraction of sp³-hybridized carbons (Fsp3) is 0.292. The third-order valence-corrected chi connectivity index (χ3v) is 5.41. The number of aromatic amines is 1. The van der Waals surface area contributed by atoms with Crippen LogP contribution in [0.5, 0.6) is 0 Å². The number of benzene rings is 2. The normalized spacial score (nSPS) is 15.7. The van der Waals surface area contributed by atoms with Crippen molar-refractivity contribution in [2.75, 3.05) is 38.7 Å². The van der Waals surface area contributed by atoms with Crippen molar-refractivity contribution in [1.82, 2.24) is 9.88 Å². The number of hydrogen-bond donors (Lipinski definition) is 1. The molecule has 8 nitrogen and oxygen atoms in total. The van der Waals surface area contributed by atoms with Crippen LogP contribution in [0.15, 0.2) is 53.3 Å². The molecule has 3 aromatic rings. The Morgan fingerprint density at radius 1 is 1.17 bits per heavy atom. The highest BCUT2D eigenvalue weighted by molar-refractivity contribution is 5.95. The van der Waals surface area contributed by atoms with E-state index in [-0.39, 0.29) is 48.7 Å². The number of fused-ring (bicyclic) bond motifs is 1. The summed E-state index contributed by atoms with van der Waals surface area (Å²) < 4.78 is 50.7. The van der Waals surface area contributed by atoms with Crippen LogP contribution in [0.2, 0.25) is 0 Å². The van der Waals surface area contributed by atoms with Crippen LogP contribution in [0.1, 0.15) is 5.56 Å². The molecule has 1 aromatic heterocycles. The number of anilines is 1. The molecule has 2 aromatic carbocycles. The number of pyridine rings is 1. The number of hydrogen-bond acceptors (Lipinski definition) is 6. The molecule has 4 rings (SSSR count). The minimum absolute atomic E-state index is 0. The molecule has 1 saturated heterocycles. The first-order valence-electron chi connectivity index (χ1n) is 10.6. The second kappa shape index (κ2) is 10.6. The first-order chi connectivity index (χ1) is 16.5. The maximum absolute atomic E-state index is 13.4.